The molecule has 9 unspecified atom stereocenters. The quantitative estimate of drug-likeness (QED) is 0.156. The maximum absolute atomic E-state index is 14.0. The fraction of sp³-hybridized carbons (Fsp3) is 0.909. The number of halogens is 4. The lowest BCUT2D eigenvalue weighted by Crippen LogP contribution is -2.53. The first kappa shape index (κ1) is 27.5. The number of hydrogen-bond donors (Lipinski definition) is 7. The van der Waals surface area contributed by atoms with Gasteiger partial charge in [-0.3, -0.25) is 15.5 Å². The van der Waals surface area contributed by atoms with E-state index in [2.05, 4.69) is 31.9 Å². The lowest BCUT2D eigenvalue weighted by molar-refractivity contribution is -0.168. The molecule has 4 aliphatic rings. The average molecular weight is 524 g/mol. The van der Waals surface area contributed by atoms with Crippen molar-refractivity contribution in [2.24, 2.45) is 16.8 Å². The second-order valence-corrected chi connectivity index (χ2v) is 10.6. The monoisotopic (exact) mass is 523 g/mol. The molecule has 9 atom stereocenters. The Morgan fingerprint density at radius 1 is 1.08 bits per heavy atom. The van der Waals surface area contributed by atoms with E-state index in [1.54, 1.807) is 0 Å². The van der Waals surface area contributed by atoms with Crippen LogP contribution in [0.4, 0.5) is 17.6 Å². The molecule has 2 aliphatic heterocycles. The summed E-state index contributed by atoms with van der Waals surface area (Å²) in [7, 11) is 1.45. The van der Waals surface area contributed by atoms with Crippen LogP contribution in [0.15, 0.2) is 4.99 Å². The van der Waals surface area contributed by atoms with E-state index >= 15 is 0 Å². The van der Waals surface area contributed by atoms with Crippen molar-refractivity contribution >= 4 is 11.9 Å². The number of alkyl halides is 4. The van der Waals surface area contributed by atoms with E-state index in [1.165, 1.54) is 12.1 Å². The molecule has 0 aromatic rings. The van der Waals surface area contributed by atoms with Crippen molar-refractivity contribution in [3.8, 4) is 0 Å². The van der Waals surface area contributed by atoms with Crippen LogP contribution in [0, 0.1) is 11.8 Å². The zero-order valence-electron chi connectivity index (χ0n) is 20.3. The number of nitrogens with one attached hydrogen (secondary N) is 5. The van der Waals surface area contributed by atoms with Crippen LogP contribution in [0.5, 0.6) is 0 Å². The Labute approximate surface area is 207 Å². The van der Waals surface area contributed by atoms with E-state index in [9.17, 15) is 32.6 Å². The van der Waals surface area contributed by atoms with Crippen LogP contribution in [0.25, 0.3) is 0 Å². The normalized spacial score (nSPS) is 40.9. The van der Waals surface area contributed by atoms with E-state index in [0.29, 0.717) is 32.1 Å². The molecule has 14 heteroatoms. The molecule has 0 aromatic heterocycles. The molecule has 10 nitrogen and oxygen atoms in total. The van der Waals surface area contributed by atoms with Gasteiger partial charge in [-0.2, -0.15) is 13.2 Å². The molecule has 0 radical (unpaired) electrons. The average Bonchev–Trinajstić information content (AvgIpc) is 3.42. The summed E-state index contributed by atoms with van der Waals surface area (Å²) in [5.41, 5.74) is 8.43. The molecule has 7 N–H and O–H groups in total. The van der Waals surface area contributed by atoms with Crippen molar-refractivity contribution < 1.29 is 32.6 Å². The number of hydrazine groups is 2. The molecule has 1 amide bonds. The van der Waals surface area contributed by atoms with Gasteiger partial charge < -0.3 is 15.5 Å². The summed E-state index contributed by atoms with van der Waals surface area (Å²) in [6, 6.07) is -2.29. The van der Waals surface area contributed by atoms with Crippen LogP contribution in [0.2, 0.25) is 0 Å². The molecule has 36 heavy (non-hydrogen) atoms. The van der Waals surface area contributed by atoms with Crippen LogP contribution >= 0.6 is 0 Å². The van der Waals surface area contributed by atoms with Crippen molar-refractivity contribution in [3.05, 3.63) is 0 Å². The summed E-state index contributed by atoms with van der Waals surface area (Å²) in [5.74, 6) is -2.11. The summed E-state index contributed by atoms with van der Waals surface area (Å²) in [6.07, 6.45) is -3.43. The third kappa shape index (κ3) is 6.84. The van der Waals surface area contributed by atoms with E-state index in [-0.39, 0.29) is 36.9 Å². The Morgan fingerprint density at radius 2 is 1.86 bits per heavy atom. The third-order valence-electron chi connectivity index (χ3n) is 7.70. The summed E-state index contributed by atoms with van der Waals surface area (Å²) >= 11 is 0. The van der Waals surface area contributed by atoms with Crippen LogP contribution < -0.4 is 26.9 Å². The Morgan fingerprint density at radius 3 is 2.56 bits per heavy atom. The minimum Gasteiger partial charge on any atom is -0.393 e. The molecule has 2 saturated heterocycles. The zero-order chi connectivity index (χ0) is 26.0. The lowest BCUT2D eigenvalue weighted by Gasteiger charge is -2.32. The fourth-order valence-electron chi connectivity index (χ4n) is 5.73. The number of aliphatic hydroxyl groups is 2. The van der Waals surface area contributed by atoms with Gasteiger partial charge in [-0.15, -0.1) is 0 Å². The molecule has 0 bridgehead atoms. The molecular weight excluding hydrogens is 486 g/mol. The van der Waals surface area contributed by atoms with Crippen LogP contribution in [0.3, 0.4) is 0 Å². The van der Waals surface area contributed by atoms with Gasteiger partial charge in [0.1, 0.15) is 18.4 Å². The van der Waals surface area contributed by atoms with E-state index < -0.39 is 48.6 Å². The van der Waals surface area contributed by atoms with Crippen LogP contribution in [0.1, 0.15) is 51.4 Å². The van der Waals surface area contributed by atoms with Gasteiger partial charge in [-0.1, -0.05) is 0 Å². The van der Waals surface area contributed by atoms with E-state index in [1.807, 2.05) is 0 Å². The van der Waals surface area contributed by atoms with Crippen molar-refractivity contribution in [2.75, 3.05) is 13.6 Å². The summed E-state index contributed by atoms with van der Waals surface area (Å²) < 4.78 is 54.5. The van der Waals surface area contributed by atoms with E-state index in [4.69, 9.17) is 0 Å². The minimum absolute atomic E-state index is 0.00300. The van der Waals surface area contributed by atoms with Crippen molar-refractivity contribution in [1.82, 2.24) is 31.9 Å². The lowest BCUT2D eigenvalue weighted by atomic mass is 9.81. The Hall–Kier alpha value is -1.58. The summed E-state index contributed by atoms with van der Waals surface area (Å²) in [5, 5.41) is 26.6. The van der Waals surface area contributed by atoms with Gasteiger partial charge in [0.2, 0.25) is 5.91 Å². The third-order valence-corrected chi connectivity index (χ3v) is 7.70. The summed E-state index contributed by atoms with van der Waals surface area (Å²) in [4.78, 5) is 17.5. The van der Waals surface area contributed by atoms with Gasteiger partial charge >= 0.3 is 6.18 Å². The molecule has 4 rings (SSSR count). The van der Waals surface area contributed by atoms with Gasteiger partial charge in [-0.05, 0) is 50.9 Å². The smallest absolute Gasteiger partial charge is 0.393 e. The highest BCUT2D eigenvalue weighted by Gasteiger charge is 2.52. The van der Waals surface area contributed by atoms with Crippen LogP contribution in [-0.2, 0) is 4.79 Å². The summed E-state index contributed by atoms with van der Waals surface area (Å²) in [6.45, 7) is -0.116. The van der Waals surface area contributed by atoms with Crippen molar-refractivity contribution in [1.29, 1.82) is 0 Å². The Kier molecular flexibility index (Phi) is 8.72. The second-order valence-electron chi connectivity index (χ2n) is 10.6. The number of amides is 1. The molecule has 2 heterocycles. The number of rotatable bonds is 4. The molecule has 4 fully saturated rings. The zero-order valence-corrected chi connectivity index (χ0v) is 20.3. The molecule has 2 aliphatic carbocycles. The highest BCUT2D eigenvalue weighted by atomic mass is 19.4. The molecule has 0 spiro atoms. The van der Waals surface area contributed by atoms with Crippen LogP contribution in [-0.4, -0.2) is 89.5 Å². The van der Waals surface area contributed by atoms with Gasteiger partial charge in [-0.25, -0.2) is 25.2 Å². The molecule has 206 valence electrons. The first-order valence-corrected chi connectivity index (χ1v) is 12.7. The van der Waals surface area contributed by atoms with Crippen molar-refractivity contribution in [2.45, 2.75) is 100 Å². The Bertz CT molecular complexity index is 804. The molecule has 0 aromatic carbocycles. The van der Waals surface area contributed by atoms with E-state index in [0.717, 1.165) is 12.8 Å². The number of guanidine groups is 1. The number of aliphatic imine (C=N–C) groups is 1. The fourth-order valence-corrected chi connectivity index (χ4v) is 5.73. The van der Waals surface area contributed by atoms with Crippen molar-refractivity contribution in [3.63, 3.8) is 0 Å². The first-order valence-electron chi connectivity index (χ1n) is 12.7. The number of aliphatic hydroxyl groups excluding tert-OH is 2. The minimum atomic E-state index is -4.60. The first-order chi connectivity index (χ1) is 17.0. The highest BCUT2D eigenvalue weighted by Crippen LogP contribution is 2.32. The predicted molar refractivity (Wildman–Crippen MR) is 123 cm³/mol. The largest absolute Gasteiger partial charge is 0.405 e. The standard InChI is InChI=1S/C22H37F4N7O3/c1-33-10-14(19(32-33)22(24,25)26)20(36)29-21(27-12-3-2-4-13(34)8-12)28-18-9-16(30-31-18)11-5-6-17(35)15(23)7-11/h11-19,30-32,34-35H,2-10H2,1H3,(H2,27,28,29,36). The van der Waals surface area contributed by atoms with Gasteiger partial charge in [0.25, 0.3) is 0 Å². The predicted octanol–water partition coefficient (Wildman–Crippen LogP) is 0.0405. The maximum atomic E-state index is 14.0. The molecule has 2 saturated carbocycles. The number of hydrogen-bond acceptors (Lipinski definition) is 8. The number of carbonyl (C=O) groups is 1. The SMILES string of the molecule is CN1CC(C(=O)N/C(=N\C2CC(C3CCC(O)C(F)C3)NN2)NC2CCCC(O)C2)C(C(F)(F)F)N1. The Balaban J connectivity index is 1.44. The van der Waals surface area contributed by atoms with Gasteiger partial charge in [0.15, 0.2) is 5.96 Å². The topological polar surface area (TPSA) is 133 Å². The second kappa shape index (κ2) is 11.4. The van der Waals surface area contributed by atoms with Gasteiger partial charge in [0, 0.05) is 32.1 Å². The maximum Gasteiger partial charge on any atom is 0.405 e. The molecular formula is C22H37F4N7O3. The van der Waals surface area contributed by atoms with Gasteiger partial charge in [0.05, 0.1) is 18.1 Å². The number of carbonyl (C=O) groups excluding carboxylic acids is 1. The number of nitrogens with zero attached hydrogens (tertiary/aromatic N) is 2. The highest BCUT2D eigenvalue weighted by molar-refractivity contribution is 5.98.